The summed E-state index contributed by atoms with van der Waals surface area (Å²) in [5.41, 5.74) is 0. The summed E-state index contributed by atoms with van der Waals surface area (Å²) in [6, 6.07) is 0. The third kappa shape index (κ3) is 5.99. The number of nitrogens with zero attached hydrogens (tertiary/aromatic N) is 1. The second kappa shape index (κ2) is 6.12. The molecule has 92 valence electrons. The van der Waals surface area contributed by atoms with E-state index in [9.17, 15) is 14.4 Å². The van der Waals surface area contributed by atoms with Crippen LogP contribution >= 0.6 is 34.8 Å². The first-order chi connectivity index (χ1) is 7.14. The molecule has 0 aromatic heterocycles. The molecule has 0 aromatic carbocycles. The molecule has 2 N–H and O–H groups in total. The minimum Gasteiger partial charge on any atom is -0.481 e. The van der Waals surface area contributed by atoms with E-state index in [1.54, 1.807) is 0 Å². The zero-order valence-electron chi connectivity index (χ0n) is 7.82. The Morgan fingerprint density at radius 1 is 1.06 bits per heavy atom. The van der Waals surface area contributed by atoms with Crippen LogP contribution in [0.25, 0.3) is 0 Å². The fraction of sp³-hybridized carbons (Fsp3) is 0.571. The Bertz CT molecular complexity index is 301. The first kappa shape index (κ1) is 15.3. The zero-order chi connectivity index (χ0) is 12.9. The minimum absolute atomic E-state index is 0.339. The highest BCUT2D eigenvalue weighted by Crippen LogP contribution is 2.28. The molecule has 0 radical (unpaired) electrons. The number of amides is 1. The Kier molecular flexibility index (Phi) is 5.85. The van der Waals surface area contributed by atoms with E-state index in [0.29, 0.717) is 4.90 Å². The topological polar surface area (TPSA) is 94.9 Å². The average molecular weight is 293 g/mol. The lowest BCUT2D eigenvalue weighted by molar-refractivity contribution is -0.145. The van der Waals surface area contributed by atoms with Gasteiger partial charge >= 0.3 is 11.9 Å². The van der Waals surface area contributed by atoms with Crippen LogP contribution in [0.1, 0.15) is 6.42 Å². The predicted molar refractivity (Wildman–Crippen MR) is 56.8 cm³/mol. The summed E-state index contributed by atoms with van der Waals surface area (Å²) < 4.78 is -2.30. The number of carbonyl (C=O) groups excluding carboxylic acids is 1. The summed E-state index contributed by atoms with van der Waals surface area (Å²) >= 11 is 15.8. The van der Waals surface area contributed by atoms with Crippen LogP contribution in [0.3, 0.4) is 0 Å². The van der Waals surface area contributed by atoms with Crippen LogP contribution < -0.4 is 0 Å². The molecule has 0 aromatic rings. The fourth-order valence-corrected chi connectivity index (χ4v) is 1.18. The maximum absolute atomic E-state index is 11.4. The van der Waals surface area contributed by atoms with Gasteiger partial charge in [0.1, 0.15) is 6.54 Å². The number of carboxylic acid groups (broad SMARTS) is 2. The van der Waals surface area contributed by atoms with Crippen molar-refractivity contribution in [3.63, 3.8) is 0 Å². The van der Waals surface area contributed by atoms with Gasteiger partial charge in [-0.1, -0.05) is 34.8 Å². The van der Waals surface area contributed by atoms with Crippen LogP contribution in [0.4, 0.5) is 0 Å². The van der Waals surface area contributed by atoms with Crippen LogP contribution in [-0.2, 0) is 14.4 Å². The van der Waals surface area contributed by atoms with Gasteiger partial charge in [0.2, 0.25) is 0 Å². The van der Waals surface area contributed by atoms with Crippen molar-refractivity contribution in [2.24, 2.45) is 0 Å². The molecule has 0 atom stereocenters. The number of aliphatic carboxylic acids is 2. The summed E-state index contributed by atoms with van der Waals surface area (Å²) in [7, 11) is 0. The molecular formula is C7H8Cl3NO5. The number of carbonyl (C=O) groups is 3. The van der Waals surface area contributed by atoms with Gasteiger partial charge in [0.05, 0.1) is 6.42 Å². The monoisotopic (exact) mass is 291 g/mol. The summed E-state index contributed by atoms with van der Waals surface area (Å²) in [5, 5.41) is 16.9. The Morgan fingerprint density at radius 2 is 1.56 bits per heavy atom. The standard InChI is InChI=1S/C7H8Cl3NO5/c8-7(9,10)6(16)11(3-5(14)15)2-1-4(12)13/h1-3H2,(H,12,13)(H,14,15). The lowest BCUT2D eigenvalue weighted by Gasteiger charge is -2.23. The molecule has 0 aliphatic heterocycles. The van der Waals surface area contributed by atoms with E-state index in [1.165, 1.54) is 0 Å². The van der Waals surface area contributed by atoms with Gasteiger partial charge in [0.25, 0.3) is 9.70 Å². The highest BCUT2D eigenvalue weighted by Gasteiger charge is 2.36. The van der Waals surface area contributed by atoms with Crippen molar-refractivity contribution >= 4 is 52.6 Å². The smallest absolute Gasteiger partial charge is 0.323 e. The third-order valence-electron chi connectivity index (χ3n) is 1.45. The molecule has 0 aliphatic carbocycles. The van der Waals surface area contributed by atoms with Crippen molar-refractivity contribution < 1.29 is 24.6 Å². The van der Waals surface area contributed by atoms with Gasteiger partial charge in [-0.2, -0.15) is 0 Å². The van der Waals surface area contributed by atoms with Gasteiger partial charge in [-0.3, -0.25) is 14.4 Å². The molecule has 0 fully saturated rings. The van der Waals surface area contributed by atoms with Gasteiger partial charge in [-0.15, -0.1) is 0 Å². The Labute approximate surface area is 106 Å². The van der Waals surface area contributed by atoms with Crippen LogP contribution in [0, 0.1) is 0 Å². The van der Waals surface area contributed by atoms with Gasteiger partial charge in [0, 0.05) is 6.54 Å². The molecule has 16 heavy (non-hydrogen) atoms. The number of alkyl halides is 3. The van der Waals surface area contributed by atoms with E-state index in [-0.39, 0.29) is 6.54 Å². The number of halogens is 3. The summed E-state index contributed by atoms with van der Waals surface area (Å²) in [4.78, 5) is 32.7. The second-order valence-corrected chi connectivity index (χ2v) is 5.04. The quantitative estimate of drug-likeness (QED) is 0.729. The molecule has 9 heteroatoms. The van der Waals surface area contributed by atoms with E-state index in [0.717, 1.165) is 0 Å². The van der Waals surface area contributed by atoms with E-state index in [2.05, 4.69) is 0 Å². The maximum Gasteiger partial charge on any atom is 0.323 e. The highest BCUT2D eigenvalue weighted by molar-refractivity contribution is 6.76. The number of hydrogen-bond acceptors (Lipinski definition) is 3. The van der Waals surface area contributed by atoms with Crippen LogP contribution in [0.5, 0.6) is 0 Å². The number of carboxylic acids is 2. The van der Waals surface area contributed by atoms with Crippen LogP contribution in [-0.4, -0.2) is 49.8 Å². The van der Waals surface area contributed by atoms with Gasteiger partial charge < -0.3 is 15.1 Å². The Hall–Kier alpha value is -0.720. The van der Waals surface area contributed by atoms with Gasteiger partial charge in [-0.05, 0) is 0 Å². The fourth-order valence-electron chi connectivity index (χ4n) is 0.826. The molecule has 0 rings (SSSR count). The SMILES string of the molecule is O=C(O)CCN(CC(=O)O)C(=O)C(Cl)(Cl)Cl. The second-order valence-electron chi connectivity index (χ2n) is 2.76. The van der Waals surface area contributed by atoms with Crippen molar-refractivity contribution in [3.05, 3.63) is 0 Å². The van der Waals surface area contributed by atoms with Gasteiger partial charge in [-0.25, -0.2) is 0 Å². The number of hydrogen-bond donors (Lipinski definition) is 2. The van der Waals surface area contributed by atoms with Crippen molar-refractivity contribution in [2.45, 2.75) is 10.2 Å². The van der Waals surface area contributed by atoms with Gasteiger partial charge in [0.15, 0.2) is 0 Å². The summed E-state index contributed by atoms with van der Waals surface area (Å²) in [6.45, 7) is -1.06. The normalized spacial score (nSPS) is 10.9. The Morgan fingerprint density at radius 3 is 1.88 bits per heavy atom. The zero-order valence-corrected chi connectivity index (χ0v) is 10.1. The van der Waals surface area contributed by atoms with Crippen molar-refractivity contribution in [2.75, 3.05) is 13.1 Å². The predicted octanol–water partition coefficient (Wildman–Crippen LogP) is 0.745. The maximum atomic E-state index is 11.4. The van der Waals surface area contributed by atoms with E-state index in [4.69, 9.17) is 45.0 Å². The minimum atomic E-state index is -2.30. The molecule has 6 nitrogen and oxygen atoms in total. The molecule has 0 bridgehead atoms. The van der Waals surface area contributed by atoms with E-state index in [1.807, 2.05) is 0 Å². The molecule has 0 saturated heterocycles. The molecule has 0 aliphatic rings. The Balaban J connectivity index is 4.60. The van der Waals surface area contributed by atoms with Crippen LogP contribution in [0.2, 0.25) is 0 Å². The first-order valence-electron chi connectivity index (χ1n) is 3.94. The summed E-state index contributed by atoms with van der Waals surface area (Å²) in [6.07, 6.45) is -0.431. The molecule has 0 heterocycles. The van der Waals surface area contributed by atoms with Crippen LogP contribution in [0.15, 0.2) is 0 Å². The number of rotatable bonds is 5. The first-order valence-corrected chi connectivity index (χ1v) is 5.07. The van der Waals surface area contributed by atoms with Crippen molar-refractivity contribution in [3.8, 4) is 0 Å². The average Bonchev–Trinajstić information content (AvgIpc) is 2.08. The lowest BCUT2D eigenvalue weighted by Crippen LogP contribution is -2.43. The largest absolute Gasteiger partial charge is 0.481 e. The van der Waals surface area contributed by atoms with E-state index >= 15 is 0 Å². The molecule has 0 spiro atoms. The molecular weight excluding hydrogens is 284 g/mol. The molecule has 0 saturated carbocycles. The molecule has 1 amide bonds. The van der Waals surface area contributed by atoms with E-state index < -0.39 is 34.6 Å². The van der Waals surface area contributed by atoms with Crippen molar-refractivity contribution in [1.82, 2.24) is 4.90 Å². The lowest BCUT2D eigenvalue weighted by atomic mass is 10.3. The summed E-state index contributed by atoms with van der Waals surface area (Å²) in [5.74, 6) is -3.58. The van der Waals surface area contributed by atoms with Crippen molar-refractivity contribution in [1.29, 1.82) is 0 Å². The highest BCUT2D eigenvalue weighted by atomic mass is 35.6. The molecule has 0 unspecified atom stereocenters. The third-order valence-corrected chi connectivity index (χ3v) is 1.94.